The van der Waals surface area contributed by atoms with Gasteiger partial charge in [-0.3, -0.25) is 0 Å². The van der Waals surface area contributed by atoms with Gasteiger partial charge in [-0.1, -0.05) is 11.6 Å². The fourth-order valence-corrected chi connectivity index (χ4v) is 2.88. The third kappa shape index (κ3) is 1.77. The molecule has 3 aromatic heterocycles. The summed E-state index contributed by atoms with van der Waals surface area (Å²) in [4.78, 5) is 11.9. The number of nitrogens with two attached hydrogens (primary N) is 1. The summed E-state index contributed by atoms with van der Waals surface area (Å²) in [5, 5.41) is 1.72. The number of benzene rings is 1. The molecule has 0 saturated heterocycles. The maximum Gasteiger partial charge on any atom is 0.166 e. The molecule has 0 fully saturated rings. The van der Waals surface area contributed by atoms with Gasteiger partial charge in [-0.05, 0) is 18.2 Å². The minimum Gasteiger partial charge on any atom is -0.383 e. The van der Waals surface area contributed by atoms with Crippen LogP contribution in [0.3, 0.4) is 0 Å². The van der Waals surface area contributed by atoms with E-state index < -0.39 is 5.82 Å². The number of rotatable bonds is 1. The summed E-state index contributed by atoms with van der Waals surface area (Å²) >= 11 is 6.06. The molecular weight excluding hydrogens is 305 g/mol. The fourth-order valence-electron chi connectivity index (χ4n) is 2.62. The molecule has 0 aliphatic heterocycles. The third-order valence-corrected chi connectivity index (χ3v) is 4.00. The second-order valence-corrected chi connectivity index (χ2v) is 5.52. The predicted molar refractivity (Wildman–Crippen MR) is 85.2 cm³/mol. The molecule has 0 bridgehead atoms. The lowest BCUT2D eigenvalue weighted by molar-refractivity contribution is 0.630. The number of aromatic amines is 1. The van der Waals surface area contributed by atoms with Gasteiger partial charge in [0.2, 0.25) is 0 Å². The van der Waals surface area contributed by atoms with Crippen molar-refractivity contribution in [3.8, 4) is 11.4 Å². The Bertz CT molecular complexity index is 1030. The van der Waals surface area contributed by atoms with E-state index in [0.717, 1.165) is 11.0 Å². The molecule has 7 heteroatoms. The second-order valence-electron chi connectivity index (χ2n) is 5.11. The van der Waals surface area contributed by atoms with Gasteiger partial charge < -0.3 is 15.3 Å². The van der Waals surface area contributed by atoms with Gasteiger partial charge in [0.15, 0.2) is 5.82 Å². The molecule has 0 radical (unpaired) electrons. The molecule has 3 heterocycles. The van der Waals surface area contributed by atoms with Crippen LogP contribution in [0, 0.1) is 5.82 Å². The summed E-state index contributed by atoms with van der Waals surface area (Å²) < 4.78 is 15.5. The van der Waals surface area contributed by atoms with E-state index in [2.05, 4.69) is 15.0 Å². The molecule has 0 unspecified atom stereocenters. The zero-order chi connectivity index (χ0) is 15.4. The van der Waals surface area contributed by atoms with Crippen molar-refractivity contribution in [1.82, 2.24) is 19.5 Å². The van der Waals surface area contributed by atoms with Gasteiger partial charge in [-0.2, -0.15) is 0 Å². The molecule has 0 aliphatic carbocycles. The number of nitrogens with zero attached hydrogens (tertiary/aromatic N) is 3. The van der Waals surface area contributed by atoms with Crippen LogP contribution < -0.4 is 5.73 Å². The number of fused-ring (bicyclic) bond motifs is 2. The van der Waals surface area contributed by atoms with Crippen LogP contribution in [0.1, 0.15) is 0 Å². The Labute approximate surface area is 129 Å². The van der Waals surface area contributed by atoms with Crippen LogP contribution in [0.5, 0.6) is 0 Å². The van der Waals surface area contributed by atoms with Crippen LogP contribution in [0.15, 0.2) is 30.6 Å². The Morgan fingerprint density at radius 1 is 1.27 bits per heavy atom. The number of halogens is 2. The van der Waals surface area contributed by atoms with E-state index in [1.807, 2.05) is 23.9 Å². The Kier molecular flexibility index (Phi) is 2.65. The molecule has 4 rings (SSSR count). The van der Waals surface area contributed by atoms with Gasteiger partial charge >= 0.3 is 0 Å². The van der Waals surface area contributed by atoms with Gasteiger partial charge in [-0.15, -0.1) is 0 Å². The van der Waals surface area contributed by atoms with Crippen molar-refractivity contribution >= 4 is 39.4 Å². The quantitative estimate of drug-likeness (QED) is 0.564. The zero-order valence-electron chi connectivity index (χ0n) is 11.6. The van der Waals surface area contributed by atoms with E-state index in [0.29, 0.717) is 33.1 Å². The molecule has 0 atom stereocenters. The molecule has 5 nitrogen and oxygen atoms in total. The third-order valence-electron chi connectivity index (χ3n) is 3.70. The van der Waals surface area contributed by atoms with Crippen LogP contribution in [-0.4, -0.2) is 19.5 Å². The summed E-state index contributed by atoms with van der Waals surface area (Å²) in [5.74, 6) is 0.406. The molecule has 22 heavy (non-hydrogen) atoms. The summed E-state index contributed by atoms with van der Waals surface area (Å²) in [6.07, 6.45) is 3.57. The van der Waals surface area contributed by atoms with E-state index in [1.165, 1.54) is 12.1 Å². The molecule has 0 aliphatic rings. The van der Waals surface area contributed by atoms with Crippen molar-refractivity contribution in [2.45, 2.75) is 0 Å². The lowest BCUT2D eigenvalue weighted by Crippen LogP contribution is -1.98. The first-order chi connectivity index (χ1) is 10.5. The fraction of sp³-hybridized carbons (Fsp3) is 0.0667. The average molecular weight is 316 g/mol. The zero-order valence-corrected chi connectivity index (χ0v) is 12.3. The number of aryl methyl sites for hydroxylation is 1. The van der Waals surface area contributed by atoms with Crippen LogP contribution in [0.2, 0.25) is 5.02 Å². The largest absolute Gasteiger partial charge is 0.383 e. The number of nitrogen functional groups attached to an aromatic ring is 1. The van der Waals surface area contributed by atoms with E-state index in [9.17, 15) is 4.39 Å². The van der Waals surface area contributed by atoms with Crippen LogP contribution in [0.4, 0.5) is 10.2 Å². The van der Waals surface area contributed by atoms with Crippen LogP contribution >= 0.6 is 11.6 Å². The lowest BCUT2D eigenvalue weighted by atomic mass is 10.1. The Morgan fingerprint density at radius 3 is 2.91 bits per heavy atom. The number of hydrogen-bond donors (Lipinski definition) is 2. The highest BCUT2D eigenvalue weighted by Gasteiger charge is 2.15. The SMILES string of the molecule is Cn1ccc2c(N)nc(-c3c[nH]c4c(Cl)cc(F)cc34)nc21. The number of hydrogen-bond acceptors (Lipinski definition) is 3. The molecule has 3 N–H and O–H groups in total. The topological polar surface area (TPSA) is 72.5 Å². The Balaban J connectivity index is 2.05. The first kappa shape index (κ1) is 13.1. The standard InChI is InChI=1S/C15H11ClFN5/c1-22-3-2-8-13(18)20-14(21-15(8)22)10-6-19-12-9(10)4-7(17)5-11(12)16/h2-6,19H,1H3,(H2,18,20,21). The summed E-state index contributed by atoms with van der Waals surface area (Å²) in [6, 6.07) is 4.53. The van der Waals surface area contributed by atoms with E-state index in [4.69, 9.17) is 17.3 Å². The average Bonchev–Trinajstić information content (AvgIpc) is 3.04. The molecule has 1 aromatic carbocycles. The number of nitrogens with one attached hydrogen (secondary N) is 1. The molecule has 0 amide bonds. The molecule has 110 valence electrons. The maximum absolute atomic E-state index is 13.6. The first-order valence-electron chi connectivity index (χ1n) is 6.59. The number of H-pyrrole nitrogens is 1. The normalized spacial score (nSPS) is 11.6. The monoisotopic (exact) mass is 315 g/mol. The van der Waals surface area contributed by atoms with Crippen molar-refractivity contribution < 1.29 is 4.39 Å². The van der Waals surface area contributed by atoms with Crippen molar-refractivity contribution in [2.24, 2.45) is 7.05 Å². The van der Waals surface area contributed by atoms with Gasteiger partial charge in [0, 0.05) is 30.4 Å². The van der Waals surface area contributed by atoms with E-state index in [1.54, 1.807) is 6.20 Å². The van der Waals surface area contributed by atoms with Gasteiger partial charge in [0.1, 0.15) is 17.3 Å². The predicted octanol–water partition coefficient (Wildman–Crippen LogP) is 3.49. The van der Waals surface area contributed by atoms with E-state index >= 15 is 0 Å². The molecule has 0 saturated carbocycles. The van der Waals surface area contributed by atoms with Crippen molar-refractivity contribution in [1.29, 1.82) is 0 Å². The van der Waals surface area contributed by atoms with Crippen LogP contribution in [0.25, 0.3) is 33.3 Å². The van der Waals surface area contributed by atoms with Crippen molar-refractivity contribution in [2.75, 3.05) is 5.73 Å². The minimum atomic E-state index is -0.411. The van der Waals surface area contributed by atoms with Crippen LogP contribution in [-0.2, 0) is 7.05 Å². The first-order valence-corrected chi connectivity index (χ1v) is 6.97. The highest BCUT2D eigenvalue weighted by Crippen LogP contribution is 2.33. The number of aromatic nitrogens is 4. The summed E-state index contributed by atoms with van der Waals surface area (Å²) in [7, 11) is 1.88. The highest BCUT2D eigenvalue weighted by atomic mass is 35.5. The highest BCUT2D eigenvalue weighted by molar-refractivity contribution is 6.35. The number of anilines is 1. The Morgan fingerprint density at radius 2 is 2.09 bits per heavy atom. The van der Waals surface area contributed by atoms with Gasteiger partial charge in [-0.25, -0.2) is 14.4 Å². The van der Waals surface area contributed by atoms with Crippen molar-refractivity contribution in [3.63, 3.8) is 0 Å². The summed E-state index contributed by atoms with van der Waals surface area (Å²) in [5.41, 5.74) is 8.03. The molecule has 4 aromatic rings. The minimum absolute atomic E-state index is 0.314. The molecule has 0 spiro atoms. The van der Waals surface area contributed by atoms with Gasteiger partial charge in [0.25, 0.3) is 0 Å². The summed E-state index contributed by atoms with van der Waals surface area (Å²) in [6.45, 7) is 0. The smallest absolute Gasteiger partial charge is 0.166 e. The van der Waals surface area contributed by atoms with E-state index in [-0.39, 0.29) is 0 Å². The maximum atomic E-state index is 13.6. The Hall–Kier alpha value is -2.60. The van der Waals surface area contributed by atoms with Crippen molar-refractivity contribution in [3.05, 3.63) is 41.4 Å². The lowest BCUT2D eigenvalue weighted by Gasteiger charge is -2.04. The molecular formula is C15H11ClFN5. The second kappa shape index (κ2) is 4.45. The van der Waals surface area contributed by atoms with Gasteiger partial charge in [0.05, 0.1) is 15.9 Å².